The summed E-state index contributed by atoms with van der Waals surface area (Å²) in [4.78, 5) is 16.6. The maximum Gasteiger partial charge on any atom is 0.224 e. The van der Waals surface area contributed by atoms with Crippen molar-refractivity contribution in [3.05, 3.63) is 40.5 Å². The Labute approximate surface area is 132 Å². The zero-order chi connectivity index (χ0) is 15.2. The normalized spacial score (nSPS) is 21.4. The van der Waals surface area contributed by atoms with Crippen molar-refractivity contribution >= 4 is 17.2 Å². The van der Waals surface area contributed by atoms with Gasteiger partial charge in [0.25, 0.3) is 0 Å². The van der Waals surface area contributed by atoms with Crippen molar-refractivity contribution in [1.29, 1.82) is 0 Å². The lowest BCUT2D eigenvalue weighted by molar-refractivity contribution is -0.123. The van der Waals surface area contributed by atoms with Crippen molar-refractivity contribution in [2.75, 3.05) is 0 Å². The smallest absolute Gasteiger partial charge is 0.224 e. The summed E-state index contributed by atoms with van der Waals surface area (Å²) in [5.74, 6) is 0.164. The Balaban J connectivity index is 1.36. The van der Waals surface area contributed by atoms with E-state index in [1.54, 1.807) is 12.1 Å². The van der Waals surface area contributed by atoms with Gasteiger partial charge in [0.1, 0.15) is 10.8 Å². The SMILES string of the molecule is O=C(NCc1nc(-c2ccc(F)cc2)cs1)[C@@H]1CC12CCC2. The number of nitrogens with one attached hydrogen (secondary N) is 1. The van der Waals surface area contributed by atoms with Crippen LogP contribution >= 0.6 is 11.3 Å². The minimum Gasteiger partial charge on any atom is -0.349 e. The molecule has 0 saturated heterocycles. The van der Waals surface area contributed by atoms with Crippen LogP contribution in [0.2, 0.25) is 0 Å². The van der Waals surface area contributed by atoms with E-state index in [2.05, 4.69) is 10.3 Å². The van der Waals surface area contributed by atoms with Gasteiger partial charge in [-0.1, -0.05) is 6.42 Å². The van der Waals surface area contributed by atoms with E-state index in [9.17, 15) is 9.18 Å². The molecule has 0 bridgehead atoms. The van der Waals surface area contributed by atoms with E-state index in [-0.39, 0.29) is 17.6 Å². The maximum atomic E-state index is 12.9. The van der Waals surface area contributed by atoms with Crippen molar-refractivity contribution in [3.8, 4) is 11.3 Å². The number of carbonyl (C=O) groups excluding carboxylic acids is 1. The van der Waals surface area contributed by atoms with Crippen LogP contribution in [0.3, 0.4) is 0 Å². The maximum absolute atomic E-state index is 12.9. The molecule has 114 valence electrons. The number of aromatic nitrogens is 1. The summed E-state index contributed by atoms with van der Waals surface area (Å²) in [6, 6.07) is 6.30. The van der Waals surface area contributed by atoms with Crippen molar-refractivity contribution < 1.29 is 9.18 Å². The molecule has 1 spiro atoms. The van der Waals surface area contributed by atoms with Crippen LogP contribution in [0.25, 0.3) is 11.3 Å². The molecule has 2 aliphatic carbocycles. The van der Waals surface area contributed by atoms with E-state index in [4.69, 9.17) is 0 Å². The topological polar surface area (TPSA) is 42.0 Å². The van der Waals surface area contributed by atoms with Gasteiger partial charge in [-0.15, -0.1) is 11.3 Å². The number of amides is 1. The van der Waals surface area contributed by atoms with Crippen LogP contribution in [0, 0.1) is 17.2 Å². The molecule has 5 heteroatoms. The fourth-order valence-corrected chi connectivity index (χ4v) is 4.08. The highest BCUT2D eigenvalue weighted by atomic mass is 32.1. The molecule has 1 aromatic heterocycles. The highest BCUT2D eigenvalue weighted by Gasteiger charge is 2.60. The van der Waals surface area contributed by atoms with E-state index >= 15 is 0 Å². The van der Waals surface area contributed by atoms with Crippen LogP contribution in [0.4, 0.5) is 4.39 Å². The van der Waals surface area contributed by atoms with Crippen molar-refractivity contribution in [2.45, 2.75) is 32.2 Å². The molecule has 2 saturated carbocycles. The molecule has 4 rings (SSSR count). The van der Waals surface area contributed by atoms with Gasteiger partial charge in [0, 0.05) is 16.9 Å². The van der Waals surface area contributed by atoms with Crippen LogP contribution in [-0.4, -0.2) is 10.9 Å². The number of hydrogen-bond donors (Lipinski definition) is 1. The first kappa shape index (κ1) is 13.9. The van der Waals surface area contributed by atoms with E-state index in [1.807, 2.05) is 5.38 Å². The Bertz CT molecular complexity index is 706. The highest BCUT2D eigenvalue weighted by molar-refractivity contribution is 7.09. The Morgan fingerprint density at radius 3 is 2.77 bits per heavy atom. The molecule has 22 heavy (non-hydrogen) atoms. The molecule has 1 N–H and O–H groups in total. The summed E-state index contributed by atoms with van der Waals surface area (Å²) in [6.07, 6.45) is 4.78. The number of rotatable bonds is 4. The van der Waals surface area contributed by atoms with E-state index in [1.165, 1.54) is 42.7 Å². The number of carbonyl (C=O) groups is 1. The lowest BCUT2D eigenvalue weighted by atomic mass is 9.80. The van der Waals surface area contributed by atoms with E-state index in [0.717, 1.165) is 22.7 Å². The van der Waals surface area contributed by atoms with Gasteiger partial charge in [0.05, 0.1) is 12.2 Å². The third-order valence-corrected chi connectivity index (χ3v) is 5.81. The first-order valence-corrected chi connectivity index (χ1v) is 8.52. The molecule has 1 atom stereocenters. The van der Waals surface area contributed by atoms with Crippen LogP contribution < -0.4 is 5.32 Å². The predicted octanol–water partition coefficient (Wildman–Crippen LogP) is 3.76. The zero-order valence-corrected chi connectivity index (χ0v) is 13.0. The average Bonchev–Trinajstić information content (AvgIpc) is 3.10. The van der Waals surface area contributed by atoms with Gasteiger partial charge in [0.2, 0.25) is 5.91 Å². The first-order valence-electron chi connectivity index (χ1n) is 7.64. The van der Waals surface area contributed by atoms with Crippen LogP contribution in [0.5, 0.6) is 0 Å². The van der Waals surface area contributed by atoms with Gasteiger partial charge in [0.15, 0.2) is 0 Å². The van der Waals surface area contributed by atoms with Gasteiger partial charge in [-0.3, -0.25) is 4.79 Å². The lowest BCUT2D eigenvalue weighted by Crippen LogP contribution is -2.29. The zero-order valence-electron chi connectivity index (χ0n) is 12.1. The molecular formula is C17H17FN2OS. The summed E-state index contributed by atoms with van der Waals surface area (Å²) in [5, 5.41) is 5.84. The van der Waals surface area contributed by atoms with Crippen LogP contribution in [0.1, 0.15) is 30.7 Å². The third kappa shape index (κ3) is 2.43. The summed E-state index contributed by atoms with van der Waals surface area (Å²) in [5.41, 5.74) is 2.09. The molecule has 0 radical (unpaired) electrons. The molecule has 1 heterocycles. The summed E-state index contributed by atoms with van der Waals surface area (Å²) in [7, 11) is 0. The van der Waals surface area contributed by atoms with E-state index < -0.39 is 0 Å². The van der Waals surface area contributed by atoms with Crippen LogP contribution in [-0.2, 0) is 11.3 Å². The molecule has 2 fully saturated rings. The standard InChI is InChI=1S/C17H17FN2OS/c18-12-4-2-11(3-5-12)14-10-22-15(20-14)9-19-16(21)13-8-17(13)6-1-7-17/h2-5,10,13H,1,6-9H2,(H,19,21)/t13-/m0/s1. The Hall–Kier alpha value is -1.75. The quantitative estimate of drug-likeness (QED) is 0.933. The third-order valence-electron chi connectivity index (χ3n) is 4.96. The lowest BCUT2D eigenvalue weighted by Gasteiger charge is -2.26. The number of benzene rings is 1. The summed E-state index contributed by atoms with van der Waals surface area (Å²) >= 11 is 1.52. The molecule has 3 nitrogen and oxygen atoms in total. The van der Waals surface area contributed by atoms with Crippen LogP contribution in [0.15, 0.2) is 29.6 Å². The summed E-state index contributed by atoms with van der Waals surface area (Å²) in [6.45, 7) is 0.483. The average molecular weight is 316 g/mol. The second-order valence-electron chi connectivity index (χ2n) is 6.32. The molecule has 2 aromatic rings. The van der Waals surface area contributed by atoms with Crippen molar-refractivity contribution in [2.24, 2.45) is 11.3 Å². The molecule has 1 aromatic carbocycles. The minimum atomic E-state index is -0.249. The van der Waals surface area contributed by atoms with Crippen molar-refractivity contribution in [1.82, 2.24) is 10.3 Å². The second-order valence-corrected chi connectivity index (χ2v) is 7.27. The fraction of sp³-hybridized carbons (Fsp3) is 0.412. The number of thiazole rings is 1. The Kier molecular flexibility index (Phi) is 3.26. The monoisotopic (exact) mass is 316 g/mol. The fourth-order valence-electron chi connectivity index (χ4n) is 3.33. The molecule has 0 aliphatic heterocycles. The van der Waals surface area contributed by atoms with Gasteiger partial charge in [-0.2, -0.15) is 0 Å². The minimum absolute atomic E-state index is 0.179. The number of nitrogens with zero attached hydrogens (tertiary/aromatic N) is 1. The molecule has 2 aliphatic rings. The highest BCUT2D eigenvalue weighted by Crippen LogP contribution is 2.65. The number of halogens is 1. The van der Waals surface area contributed by atoms with Gasteiger partial charge in [-0.25, -0.2) is 9.37 Å². The van der Waals surface area contributed by atoms with Crippen molar-refractivity contribution in [3.63, 3.8) is 0 Å². The van der Waals surface area contributed by atoms with Gasteiger partial charge in [-0.05, 0) is 48.9 Å². The molecular weight excluding hydrogens is 299 g/mol. The predicted molar refractivity (Wildman–Crippen MR) is 83.7 cm³/mol. The second kappa shape index (κ2) is 5.16. The van der Waals surface area contributed by atoms with Gasteiger partial charge < -0.3 is 5.32 Å². The first-order chi connectivity index (χ1) is 10.7. The van der Waals surface area contributed by atoms with Gasteiger partial charge >= 0.3 is 0 Å². The Morgan fingerprint density at radius 1 is 1.36 bits per heavy atom. The Morgan fingerprint density at radius 2 is 2.14 bits per heavy atom. The summed E-state index contributed by atoms with van der Waals surface area (Å²) < 4.78 is 12.9. The molecule has 1 amide bonds. The molecule has 0 unspecified atom stereocenters. The van der Waals surface area contributed by atoms with E-state index in [0.29, 0.717) is 12.0 Å². The number of hydrogen-bond acceptors (Lipinski definition) is 3. The largest absolute Gasteiger partial charge is 0.349 e.